The number of nitro benzene ring substituents is 1. The lowest BCUT2D eigenvalue weighted by Gasteiger charge is -2.26. The van der Waals surface area contributed by atoms with Crippen molar-refractivity contribution in [2.45, 2.75) is 19.4 Å². The van der Waals surface area contributed by atoms with Crippen LogP contribution >= 0.6 is 0 Å². The molecular weight excluding hydrogens is 352 g/mol. The Hall–Kier alpha value is -2.49. The minimum atomic E-state index is -3.13. The smallest absolute Gasteiger partial charge is 0.338 e. The second kappa shape index (κ2) is 7.60. The molecule has 0 spiro atoms. The number of benzene rings is 1. The molecule has 2 rings (SSSR count). The molecule has 0 unspecified atom stereocenters. The Morgan fingerprint density at radius 1 is 1.32 bits per heavy atom. The van der Waals surface area contributed by atoms with Crippen molar-refractivity contribution in [2.24, 2.45) is 0 Å². The highest BCUT2D eigenvalue weighted by Crippen LogP contribution is 2.18. The minimum absolute atomic E-state index is 0.0457. The fraction of sp³-hybridized carbons (Fsp3) is 0.467. The van der Waals surface area contributed by atoms with E-state index in [0.29, 0.717) is 13.0 Å². The Morgan fingerprint density at radius 3 is 2.44 bits per heavy atom. The number of carbonyl (C=O) groups is 2. The Morgan fingerprint density at radius 2 is 1.96 bits per heavy atom. The second-order valence-corrected chi connectivity index (χ2v) is 7.85. The van der Waals surface area contributed by atoms with E-state index in [0.717, 1.165) is 0 Å². The predicted octanol–water partition coefficient (Wildman–Crippen LogP) is 0.787. The van der Waals surface area contributed by atoms with Gasteiger partial charge in [-0.05, 0) is 25.5 Å². The molecule has 1 aromatic carbocycles. The third-order valence-corrected chi connectivity index (χ3v) is 5.70. The van der Waals surface area contributed by atoms with Crippen molar-refractivity contribution in [3.8, 4) is 0 Å². The van der Waals surface area contributed by atoms with Gasteiger partial charge in [-0.3, -0.25) is 14.9 Å². The zero-order valence-corrected chi connectivity index (χ0v) is 14.4. The van der Waals surface area contributed by atoms with Crippen LogP contribution in [0.4, 0.5) is 5.69 Å². The largest absolute Gasteiger partial charge is 0.452 e. The summed E-state index contributed by atoms with van der Waals surface area (Å²) in [6.07, 6.45) is 0.373. The van der Waals surface area contributed by atoms with Crippen molar-refractivity contribution < 1.29 is 27.7 Å². The number of hydrogen-bond acceptors (Lipinski definition) is 7. The average molecular weight is 370 g/mol. The summed E-state index contributed by atoms with van der Waals surface area (Å²) in [5, 5.41) is 10.6. The zero-order chi connectivity index (χ0) is 18.6. The quantitative estimate of drug-likeness (QED) is 0.412. The predicted molar refractivity (Wildman–Crippen MR) is 87.8 cm³/mol. The summed E-state index contributed by atoms with van der Waals surface area (Å²) in [5.74, 6) is -1.29. The van der Waals surface area contributed by atoms with Crippen LogP contribution in [0.1, 0.15) is 23.7 Å². The van der Waals surface area contributed by atoms with Crippen LogP contribution in [-0.4, -0.2) is 60.8 Å². The van der Waals surface area contributed by atoms with Crippen molar-refractivity contribution >= 4 is 27.4 Å². The Kier molecular flexibility index (Phi) is 5.73. The first-order chi connectivity index (χ1) is 11.7. The molecular formula is C15H18N2O7S. The number of rotatable bonds is 6. The van der Waals surface area contributed by atoms with E-state index in [1.54, 1.807) is 6.92 Å². The lowest BCUT2D eigenvalue weighted by Crippen LogP contribution is -2.43. The third-order valence-electron chi connectivity index (χ3n) is 3.95. The normalized spacial score (nSPS) is 18.5. The van der Waals surface area contributed by atoms with Crippen molar-refractivity contribution in [3.05, 3.63) is 39.9 Å². The maximum atomic E-state index is 12.2. The summed E-state index contributed by atoms with van der Waals surface area (Å²) in [4.78, 5) is 35.5. The van der Waals surface area contributed by atoms with Crippen LogP contribution in [0, 0.1) is 10.1 Å². The number of nitro groups is 1. The first-order valence-electron chi connectivity index (χ1n) is 7.65. The molecule has 1 aliphatic heterocycles. The lowest BCUT2D eigenvalue weighted by atomic mass is 10.2. The Balaban J connectivity index is 1.93. The maximum absolute atomic E-state index is 12.2. The number of ether oxygens (including phenoxy) is 1. The van der Waals surface area contributed by atoms with Crippen LogP contribution in [0.25, 0.3) is 0 Å². The summed E-state index contributed by atoms with van der Waals surface area (Å²) in [7, 11) is -3.13. The van der Waals surface area contributed by atoms with Crippen molar-refractivity contribution in [1.29, 1.82) is 0 Å². The van der Waals surface area contributed by atoms with Gasteiger partial charge in [0.25, 0.3) is 11.6 Å². The fourth-order valence-corrected chi connectivity index (χ4v) is 4.40. The topological polar surface area (TPSA) is 124 Å². The van der Waals surface area contributed by atoms with E-state index in [1.807, 2.05) is 0 Å². The summed E-state index contributed by atoms with van der Waals surface area (Å²) < 4.78 is 28.0. The molecule has 1 amide bonds. The van der Waals surface area contributed by atoms with Crippen molar-refractivity contribution in [1.82, 2.24) is 4.90 Å². The van der Waals surface area contributed by atoms with E-state index in [4.69, 9.17) is 4.74 Å². The minimum Gasteiger partial charge on any atom is -0.452 e. The second-order valence-electron chi connectivity index (χ2n) is 5.62. The van der Waals surface area contributed by atoms with Crippen molar-refractivity contribution in [3.63, 3.8) is 0 Å². The summed E-state index contributed by atoms with van der Waals surface area (Å²) >= 11 is 0. The van der Waals surface area contributed by atoms with Crippen LogP contribution in [0.15, 0.2) is 24.3 Å². The average Bonchev–Trinajstić information content (AvgIpc) is 2.93. The fourth-order valence-electron chi connectivity index (χ4n) is 2.67. The molecule has 1 saturated heterocycles. The Bertz CT molecular complexity index is 774. The molecule has 1 heterocycles. The van der Waals surface area contributed by atoms with Gasteiger partial charge in [0.15, 0.2) is 16.4 Å². The highest BCUT2D eigenvalue weighted by Gasteiger charge is 2.34. The molecule has 0 aliphatic carbocycles. The van der Waals surface area contributed by atoms with Crippen LogP contribution in [0.2, 0.25) is 0 Å². The van der Waals surface area contributed by atoms with Gasteiger partial charge in [-0.1, -0.05) is 0 Å². The number of sulfone groups is 1. The van der Waals surface area contributed by atoms with Crippen LogP contribution < -0.4 is 0 Å². The van der Waals surface area contributed by atoms with Gasteiger partial charge in [-0.25, -0.2) is 13.2 Å². The van der Waals surface area contributed by atoms with E-state index in [1.165, 1.54) is 29.2 Å². The molecule has 1 aromatic rings. The SMILES string of the molecule is CCN(C(=O)COC(=O)c1ccc([N+](=O)[O-])cc1)[C@H]1CCS(=O)(=O)C1. The molecule has 0 bridgehead atoms. The van der Waals surface area contributed by atoms with Crippen molar-refractivity contribution in [2.75, 3.05) is 24.7 Å². The molecule has 136 valence electrons. The standard InChI is InChI=1S/C15H18N2O7S/c1-2-16(13-7-8-25(22,23)10-13)14(18)9-24-15(19)11-3-5-12(6-4-11)17(20)21/h3-6,13H,2,7-10H2,1H3/t13-/m0/s1. The van der Waals surface area contributed by atoms with E-state index < -0.39 is 39.3 Å². The summed E-state index contributed by atoms with van der Waals surface area (Å²) in [6, 6.07) is 4.42. The molecule has 1 aliphatic rings. The summed E-state index contributed by atoms with van der Waals surface area (Å²) in [5.41, 5.74) is -0.0721. The van der Waals surface area contributed by atoms with Gasteiger partial charge in [0.1, 0.15) is 0 Å². The lowest BCUT2D eigenvalue weighted by molar-refractivity contribution is -0.384. The molecule has 1 atom stereocenters. The number of carbonyl (C=O) groups excluding carboxylic acids is 2. The first kappa shape index (κ1) is 18.8. The molecule has 25 heavy (non-hydrogen) atoms. The zero-order valence-electron chi connectivity index (χ0n) is 13.6. The maximum Gasteiger partial charge on any atom is 0.338 e. The van der Waals surface area contributed by atoms with E-state index >= 15 is 0 Å². The molecule has 10 heteroatoms. The van der Waals surface area contributed by atoms with Gasteiger partial charge < -0.3 is 9.64 Å². The summed E-state index contributed by atoms with van der Waals surface area (Å²) in [6.45, 7) is 1.52. The molecule has 1 fully saturated rings. The number of likely N-dealkylation sites (N-methyl/N-ethyl adjacent to an activating group) is 1. The number of non-ortho nitro benzene ring substituents is 1. The molecule has 0 saturated carbocycles. The van der Waals surface area contributed by atoms with Crippen LogP contribution in [0.3, 0.4) is 0 Å². The number of nitrogens with zero attached hydrogens (tertiary/aromatic N) is 2. The van der Waals surface area contributed by atoms with E-state index in [9.17, 15) is 28.1 Å². The third kappa shape index (κ3) is 4.75. The molecule has 0 N–H and O–H groups in total. The van der Waals surface area contributed by atoms with E-state index in [-0.39, 0.29) is 22.8 Å². The number of esters is 1. The first-order valence-corrected chi connectivity index (χ1v) is 9.47. The van der Waals surface area contributed by atoms with Gasteiger partial charge in [-0.2, -0.15) is 0 Å². The molecule has 0 aromatic heterocycles. The Labute approximate surface area is 144 Å². The number of hydrogen-bond donors (Lipinski definition) is 0. The van der Waals surface area contributed by atoms with Gasteiger partial charge in [0.2, 0.25) is 0 Å². The molecule has 9 nitrogen and oxygen atoms in total. The molecule has 0 radical (unpaired) electrons. The van der Waals surface area contributed by atoms with Gasteiger partial charge in [0.05, 0.1) is 22.0 Å². The van der Waals surface area contributed by atoms with Gasteiger partial charge in [-0.15, -0.1) is 0 Å². The highest BCUT2D eigenvalue weighted by atomic mass is 32.2. The van der Waals surface area contributed by atoms with E-state index in [2.05, 4.69) is 0 Å². The van der Waals surface area contributed by atoms with Gasteiger partial charge >= 0.3 is 5.97 Å². The van der Waals surface area contributed by atoms with Crippen LogP contribution in [0.5, 0.6) is 0 Å². The highest BCUT2D eigenvalue weighted by molar-refractivity contribution is 7.91. The van der Waals surface area contributed by atoms with Crippen LogP contribution in [-0.2, 0) is 19.4 Å². The van der Waals surface area contributed by atoms with Gasteiger partial charge in [0, 0.05) is 24.7 Å². The number of amides is 1. The monoisotopic (exact) mass is 370 g/mol.